The molecule has 0 spiro atoms. The number of amides is 2. The Morgan fingerprint density at radius 3 is 2.36 bits per heavy atom. The predicted molar refractivity (Wildman–Crippen MR) is 98.6 cm³/mol. The van der Waals surface area contributed by atoms with Crippen molar-refractivity contribution in [2.75, 3.05) is 25.3 Å². The first-order valence-corrected chi connectivity index (χ1v) is 9.61. The normalized spacial score (nSPS) is 21.0. The number of carbonyl (C=O) groups is 2. The third-order valence-electron chi connectivity index (χ3n) is 3.94. The van der Waals surface area contributed by atoms with Crippen LogP contribution in [-0.4, -0.2) is 55.5 Å². The van der Waals surface area contributed by atoms with Crippen molar-refractivity contribution >= 4 is 28.0 Å². The molecule has 0 saturated heterocycles. The van der Waals surface area contributed by atoms with Crippen molar-refractivity contribution < 1.29 is 32.6 Å². The number of nitrogens with zero attached hydrogens (tertiary/aromatic N) is 2. The second kappa shape index (κ2) is 8.25. The standard InChI is InChI=1S/C16H20N4O7S/c1-16(7-5-4-6-10(16)13(21)22)9-28(24,25)20-15(23)19-14-17-11(26-2)8-12(18-14)27-3/h4-8,10H,9H2,1-3H3,(H,21,22)(H2,17,18,19,20,23). The topological polar surface area (TPSA) is 157 Å². The van der Waals surface area contributed by atoms with Crippen LogP contribution in [-0.2, 0) is 14.8 Å². The molecule has 2 atom stereocenters. The molecule has 152 valence electrons. The molecule has 2 rings (SSSR count). The number of carbonyl (C=O) groups excluding carboxylic acids is 1. The molecule has 0 saturated carbocycles. The van der Waals surface area contributed by atoms with Gasteiger partial charge in [-0.15, -0.1) is 0 Å². The number of hydrogen-bond acceptors (Lipinski definition) is 8. The molecule has 11 nitrogen and oxygen atoms in total. The third kappa shape index (κ3) is 5.19. The van der Waals surface area contributed by atoms with Crippen LogP contribution in [0.1, 0.15) is 6.92 Å². The van der Waals surface area contributed by atoms with E-state index in [2.05, 4.69) is 15.3 Å². The number of carboxylic acids is 1. The van der Waals surface area contributed by atoms with Crippen molar-refractivity contribution in [3.05, 3.63) is 30.4 Å². The summed E-state index contributed by atoms with van der Waals surface area (Å²) >= 11 is 0. The number of nitrogens with one attached hydrogen (secondary N) is 2. The quantitative estimate of drug-likeness (QED) is 0.588. The van der Waals surface area contributed by atoms with Crippen LogP contribution in [0.3, 0.4) is 0 Å². The van der Waals surface area contributed by atoms with Gasteiger partial charge in [-0.2, -0.15) is 9.97 Å². The molecule has 0 aromatic carbocycles. The highest BCUT2D eigenvalue weighted by Crippen LogP contribution is 2.34. The van der Waals surface area contributed by atoms with E-state index in [0.717, 1.165) is 0 Å². The van der Waals surface area contributed by atoms with Gasteiger partial charge < -0.3 is 14.6 Å². The number of aliphatic carboxylic acids is 1. The van der Waals surface area contributed by atoms with E-state index in [9.17, 15) is 23.1 Å². The van der Waals surface area contributed by atoms with Gasteiger partial charge in [0.1, 0.15) is 0 Å². The van der Waals surface area contributed by atoms with Crippen molar-refractivity contribution in [2.45, 2.75) is 6.92 Å². The molecule has 1 aromatic heterocycles. The van der Waals surface area contributed by atoms with Crippen molar-refractivity contribution in [3.8, 4) is 11.8 Å². The van der Waals surface area contributed by atoms with Gasteiger partial charge >= 0.3 is 12.0 Å². The lowest BCUT2D eigenvalue weighted by Crippen LogP contribution is -2.44. The average Bonchev–Trinajstić information content (AvgIpc) is 2.59. The van der Waals surface area contributed by atoms with E-state index in [1.807, 2.05) is 4.72 Å². The van der Waals surface area contributed by atoms with Gasteiger partial charge in [0.05, 0.1) is 32.0 Å². The number of aromatic nitrogens is 2. The molecule has 3 N–H and O–H groups in total. The summed E-state index contributed by atoms with van der Waals surface area (Å²) < 4.78 is 36.5. The van der Waals surface area contributed by atoms with Crippen molar-refractivity contribution in [3.63, 3.8) is 0 Å². The van der Waals surface area contributed by atoms with Crippen LogP contribution in [0.25, 0.3) is 0 Å². The Morgan fingerprint density at radius 1 is 1.21 bits per heavy atom. The minimum atomic E-state index is -4.19. The van der Waals surface area contributed by atoms with Gasteiger partial charge in [-0.1, -0.05) is 31.2 Å². The summed E-state index contributed by atoms with van der Waals surface area (Å²) in [5, 5.41) is 11.5. The summed E-state index contributed by atoms with van der Waals surface area (Å²) in [7, 11) is -1.49. The van der Waals surface area contributed by atoms with Crippen LogP contribution in [0.4, 0.5) is 10.7 Å². The molecule has 2 amide bonds. The fourth-order valence-corrected chi connectivity index (χ4v) is 4.16. The molecule has 1 heterocycles. The number of ether oxygens (including phenoxy) is 2. The molecule has 0 radical (unpaired) electrons. The summed E-state index contributed by atoms with van der Waals surface area (Å²) in [5.41, 5.74) is -1.23. The molecule has 1 aromatic rings. The molecule has 2 unspecified atom stereocenters. The highest BCUT2D eigenvalue weighted by Gasteiger charge is 2.40. The largest absolute Gasteiger partial charge is 0.481 e. The Labute approximate surface area is 161 Å². The summed E-state index contributed by atoms with van der Waals surface area (Å²) in [5.74, 6) is -2.88. The fraction of sp³-hybridized carbons (Fsp3) is 0.375. The molecule has 12 heteroatoms. The zero-order valence-electron chi connectivity index (χ0n) is 15.4. The number of methoxy groups -OCH3 is 2. The molecule has 1 aliphatic rings. The number of urea groups is 1. The second-order valence-electron chi connectivity index (χ2n) is 6.16. The van der Waals surface area contributed by atoms with Crippen molar-refractivity contribution in [1.82, 2.24) is 14.7 Å². The minimum Gasteiger partial charge on any atom is -0.481 e. The van der Waals surface area contributed by atoms with Gasteiger partial charge in [0.25, 0.3) is 0 Å². The van der Waals surface area contributed by atoms with Gasteiger partial charge in [0.2, 0.25) is 27.7 Å². The van der Waals surface area contributed by atoms with Gasteiger partial charge in [0, 0.05) is 5.41 Å². The molecule has 0 fully saturated rings. The maximum Gasteiger partial charge on any atom is 0.335 e. The number of sulfonamides is 1. The summed E-state index contributed by atoms with van der Waals surface area (Å²) in [6, 6.07) is 0.261. The van der Waals surface area contributed by atoms with Crippen LogP contribution in [0.15, 0.2) is 30.4 Å². The Morgan fingerprint density at radius 2 is 1.82 bits per heavy atom. The van der Waals surface area contributed by atoms with Crippen LogP contribution >= 0.6 is 0 Å². The first-order chi connectivity index (χ1) is 13.1. The third-order valence-corrected chi connectivity index (χ3v) is 5.44. The fourth-order valence-electron chi connectivity index (χ4n) is 2.66. The number of hydrogen-bond donors (Lipinski definition) is 3. The van der Waals surface area contributed by atoms with Gasteiger partial charge in [-0.05, 0) is 0 Å². The number of rotatable bonds is 7. The lowest BCUT2D eigenvalue weighted by Gasteiger charge is -2.31. The van der Waals surface area contributed by atoms with E-state index in [0.29, 0.717) is 0 Å². The summed E-state index contributed by atoms with van der Waals surface area (Å²) in [6.45, 7) is 1.49. The average molecular weight is 412 g/mol. The zero-order valence-corrected chi connectivity index (χ0v) is 16.2. The maximum absolute atomic E-state index is 12.4. The predicted octanol–water partition coefficient (Wildman–Crippen LogP) is 0.778. The van der Waals surface area contributed by atoms with E-state index in [1.54, 1.807) is 6.08 Å². The van der Waals surface area contributed by atoms with E-state index in [-0.39, 0.29) is 17.7 Å². The maximum atomic E-state index is 12.4. The van der Waals surface area contributed by atoms with Gasteiger partial charge in [-0.3, -0.25) is 10.1 Å². The second-order valence-corrected chi connectivity index (χ2v) is 7.88. The molecule has 0 aliphatic heterocycles. The molecular weight excluding hydrogens is 392 g/mol. The van der Waals surface area contributed by atoms with Crippen molar-refractivity contribution in [2.24, 2.45) is 11.3 Å². The number of allylic oxidation sites excluding steroid dienone is 3. The summed E-state index contributed by atoms with van der Waals surface area (Å²) in [4.78, 5) is 31.2. The Bertz CT molecular complexity index is 907. The van der Waals surface area contributed by atoms with Crippen LogP contribution in [0.5, 0.6) is 11.8 Å². The van der Waals surface area contributed by atoms with Crippen LogP contribution in [0.2, 0.25) is 0 Å². The monoisotopic (exact) mass is 412 g/mol. The molecule has 0 bridgehead atoms. The smallest absolute Gasteiger partial charge is 0.335 e. The van der Waals surface area contributed by atoms with Gasteiger partial charge in [-0.25, -0.2) is 17.9 Å². The van der Waals surface area contributed by atoms with Gasteiger partial charge in [0.15, 0.2) is 0 Å². The Kier molecular flexibility index (Phi) is 6.23. The first kappa shape index (κ1) is 21.2. The molecule has 1 aliphatic carbocycles. The summed E-state index contributed by atoms with van der Waals surface area (Å²) in [6.07, 6.45) is 5.97. The van der Waals surface area contributed by atoms with Crippen LogP contribution < -0.4 is 19.5 Å². The number of anilines is 1. The Hall–Kier alpha value is -3.15. The SMILES string of the molecule is COc1cc(OC)nc(NC(=O)NS(=O)(=O)CC2(C)C=CC=CC2C(=O)O)n1. The lowest BCUT2D eigenvalue weighted by atomic mass is 9.76. The molecule has 28 heavy (non-hydrogen) atoms. The Balaban J connectivity index is 2.12. The van der Waals surface area contributed by atoms with E-state index >= 15 is 0 Å². The van der Waals surface area contributed by atoms with E-state index < -0.39 is 39.1 Å². The zero-order chi connectivity index (χ0) is 20.9. The van der Waals surface area contributed by atoms with Crippen LogP contribution in [0, 0.1) is 11.3 Å². The highest BCUT2D eigenvalue weighted by atomic mass is 32.2. The van der Waals surface area contributed by atoms with Crippen molar-refractivity contribution in [1.29, 1.82) is 0 Å². The molecular formula is C16H20N4O7S. The van der Waals surface area contributed by atoms with E-state index in [4.69, 9.17) is 9.47 Å². The highest BCUT2D eigenvalue weighted by molar-refractivity contribution is 7.90. The minimum absolute atomic E-state index is 0.0981. The first-order valence-electron chi connectivity index (χ1n) is 7.96. The lowest BCUT2D eigenvalue weighted by molar-refractivity contribution is -0.142. The van der Waals surface area contributed by atoms with E-state index in [1.165, 1.54) is 45.4 Å². The number of carboxylic acid groups (broad SMARTS) is 1.